The van der Waals surface area contributed by atoms with Crippen LogP contribution in [0, 0.1) is 5.41 Å². The zero-order valence-electron chi connectivity index (χ0n) is 15.5. The number of nitrogens with one attached hydrogen (secondary N) is 1. The Hall–Kier alpha value is -0.900. The van der Waals surface area contributed by atoms with Crippen molar-refractivity contribution in [2.45, 2.75) is 45.4 Å². The van der Waals surface area contributed by atoms with E-state index in [2.05, 4.69) is 39.2 Å². The summed E-state index contributed by atoms with van der Waals surface area (Å²) in [6.07, 6.45) is 4.12. The number of hydrogen-bond donors (Lipinski definition) is 1. The number of aliphatic imine (C=N–C) groups is 1. The van der Waals surface area contributed by atoms with Gasteiger partial charge in [0.15, 0.2) is 11.8 Å². The summed E-state index contributed by atoms with van der Waals surface area (Å²) in [5.74, 6) is 2.81. The van der Waals surface area contributed by atoms with E-state index in [1.165, 1.54) is 12.8 Å². The maximum atomic E-state index is 5.60. The monoisotopic (exact) mass is 463 g/mol. The van der Waals surface area contributed by atoms with E-state index in [0.717, 1.165) is 63.4 Å². The third-order valence-electron chi connectivity index (χ3n) is 4.99. The van der Waals surface area contributed by atoms with Crippen LogP contribution in [0.3, 0.4) is 0 Å². The van der Waals surface area contributed by atoms with Gasteiger partial charge in [-0.15, -0.1) is 24.0 Å². The van der Waals surface area contributed by atoms with Gasteiger partial charge in [0.1, 0.15) is 0 Å². The molecule has 2 saturated heterocycles. The summed E-state index contributed by atoms with van der Waals surface area (Å²) in [6.45, 7) is 8.90. The Morgan fingerprint density at radius 3 is 2.88 bits per heavy atom. The van der Waals surface area contributed by atoms with Gasteiger partial charge in [-0.2, -0.15) is 4.98 Å². The molecular weight excluding hydrogens is 433 g/mol. The van der Waals surface area contributed by atoms with Crippen LogP contribution in [0.2, 0.25) is 0 Å². The van der Waals surface area contributed by atoms with Gasteiger partial charge in [-0.05, 0) is 19.3 Å². The zero-order chi connectivity index (χ0) is 17.0. The van der Waals surface area contributed by atoms with Gasteiger partial charge in [-0.25, -0.2) is 0 Å². The molecule has 8 heteroatoms. The fraction of sp³-hybridized carbons (Fsp3) is 0.824. The van der Waals surface area contributed by atoms with Crippen molar-refractivity contribution in [1.82, 2.24) is 20.4 Å². The molecule has 0 saturated carbocycles. The Labute approximate surface area is 167 Å². The number of hydrogen-bond acceptors (Lipinski definition) is 5. The van der Waals surface area contributed by atoms with Gasteiger partial charge in [0, 0.05) is 51.0 Å². The van der Waals surface area contributed by atoms with Crippen LogP contribution >= 0.6 is 24.0 Å². The molecule has 1 aromatic heterocycles. The summed E-state index contributed by atoms with van der Waals surface area (Å²) in [7, 11) is 1.85. The first-order valence-electron chi connectivity index (χ1n) is 8.98. The van der Waals surface area contributed by atoms with Crippen molar-refractivity contribution < 1.29 is 9.26 Å². The Bertz CT molecular complexity index is 569. The number of aromatic nitrogens is 2. The van der Waals surface area contributed by atoms with Crippen molar-refractivity contribution in [3.8, 4) is 0 Å². The van der Waals surface area contributed by atoms with Crippen LogP contribution in [0.25, 0.3) is 0 Å². The molecule has 1 atom stereocenters. The molecule has 0 aliphatic carbocycles. The number of aryl methyl sites for hydroxylation is 1. The van der Waals surface area contributed by atoms with Gasteiger partial charge in [0.25, 0.3) is 0 Å². The smallest absolute Gasteiger partial charge is 0.226 e. The van der Waals surface area contributed by atoms with Crippen LogP contribution in [-0.2, 0) is 11.2 Å². The second-order valence-corrected chi connectivity index (χ2v) is 7.25. The van der Waals surface area contributed by atoms with Crippen LogP contribution < -0.4 is 5.32 Å². The van der Waals surface area contributed by atoms with E-state index in [1.807, 2.05) is 7.05 Å². The molecule has 2 aliphatic heterocycles. The molecule has 1 N–H and O–H groups in total. The minimum absolute atomic E-state index is 0. The first-order valence-corrected chi connectivity index (χ1v) is 8.98. The largest absolute Gasteiger partial charge is 0.381 e. The van der Waals surface area contributed by atoms with Gasteiger partial charge in [-0.1, -0.05) is 19.0 Å². The molecule has 2 fully saturated rings. The van der Waals surface area contributed by atoms with E-state index in [9.17, 15) is 0 Å². The highest BCUT2D eigenvalue weighted by atomic mass is 127. The maximum absolute atomic E-state index is 5.60. The lowest BCUT2D eigenvalue weighted by molar-refractivity contribution is 0.156. The minimum Gasteiger partial charge on any atom is -0.381 e. The number of ether oxygens (including phenoxy) is 1. The van der Waals surface area contributed by atoms with Crippen molar-refractivity contribution in [1.29, 1.82) is 0 Å². The number of halogens is 1. The summed E-state index contributed by atoms with van der Waals surface area (Å²) < 4.78 is 10.9. The van der Waals surface area contributed by atoms with Gasteiger partial charge in [0.2, 0.25) is 5.89 Å². The highest BCUT2D eigenvalue weighted by molar-refractivity contribution is 14.0. The molecule has 0 aromatic carbocycles. The number of guanidine groups is 1. The van der Waals surface area contributed by atoms with Gasteiger partial charge in [-0.3, -0.25) is 4.99 Å². The van der Waals surface area contributed by atoms with Crippen molar-refractivity contribution in [2.24, 2.45) is 10.4 Å². The fourth-order valence-electron chi connectivity index (χ4n) is 3.46. The van der Waals surface area contributed by atoms with Crippen molar-refractivity contribution >= 4 is 29.9 Å². The highest BCUT2D eigenvalue weighted by Gasteiger charge is 2.42. The first kappa shape index (κ1) is 20.4. The highest BCUT2D eigenvalue weighted by Crippen LogP contribution is 2.38. The number of likely N-dealkylation sites (tertiary alicyclic amines) is 1. The van der Waals surface area contributed by atoms with Crippen LogP contribution in [0.5, 0.6) is 0 Å². The van der Waals surface area contributed by atoms with Crippen LogP contribution in [0.15, 0.2) is 9.52 Å². The normalized spacial score (nSPS) is 23.5. The Balaban J connectivity index is 0.00000225. The maximum Gasteiger partial charge on any atom is 0.226 e. The van der Waals surface area contributed by atoms with E-state index in [0.29, 0.717) is 11.3 Å². The van der Waals surface area contributed by atoms with Crippen molar-refractivity contribution in [2.75, 3.05) is 39.9 Å². The van der Waals surface area contributed by atoms with Gasteiger partial charge in [0.05, 0.1) is 6.61 Å². The lowest BCUT2D eigenvalue weighted by atomic mass is 9.87. The SMILES string of the molecule is CN=C(NCCCc1nc(C(C)C)no1)N1CCC2(CCOC2)C1.I. The molecule has 2 aliphatic rings. The summed E-state index contributed by atoms with van der Waals surface area (Å²) in [4.78, 5) is 11.2. The molecule has 142 valence electrons. The zero-order valence-corrected chi connectivity index (χ0v) is 17.8. The topological polar surface area (TPSA) is 75.8 Å². The molecule has 0 radical (unpaired) electrons. The standard InChI is InChI=1S/C17H29N5O2.HI/c1-13(2)15-20-14(24-21-15)5-4-8-19-16(18-3)22-9-6-17(11-22)7-10-23-12-17;/h13H,4-12H2,1-3H3,(H,18,19);1H. The number of rotatable bonds is 5. The molecule has 1 spiro atoms. The summed E-state index contributed by atoms with van der Waals surface area (Å²) in [5.41, 5.74) is 0.356. The molecule has 3 heterocycles. The molecule has 0 amide bonds. The average Bonchev–Trinajstić information content (AvgIpc) is 3.30. The average molecular weight is 463 g/mol. The van der Waals surface area contributed by atoms with Crippen LogP contribution in [-0.4, -0.2) is 60.9 Å². The quantitative estimate of drug-likeness (QED) is 0.313. The summed E-state index contributed by atoms with van der Waals surface area (Å²) in [5, 5.41) is 7.46. The molecule has 3 rings (SSSR count). The predicted octanol–water partition coefficient (Wildman–Crippen LogP) is 2.43. The van der Waals surface area contributed by atoms with E-state index in [-0.39, 0.29) is 24.0 Å². The third kappa shape index (κ3) is 5.06. The first-order chi connectivity index (χ1) is 11.6. The molecule has 0 bridgehead atoms. The molecule has 1 unspecified atom stereocenters. The van der Waals surface area contributed by atoms with E-state index >= 15 is 0 Å². The third-order valence-corrected chi connectivity index (χ3v) is 4.99. The van der Waals surface area contributed by atoms with Crippen LogP contribution in [0.1, 0.15) is 50.7 Å². The minimum atomic E-state index is 0. The lowest BCUT2D eigenvalue weighted by Crippen LogP contribution is -2.41. The fourth-order valence-corrected chi connectivity index (χ4v) is 3.46. The molecular formula is C17H30IN5O2. The Morgan fingerprint density at radius 1 is 1.40 bits per heavy atom. The van der Waals surface area contributed by atoms with E-state index in [1.54, 1.807) is 0 Å². The van der Waals surface area contributed by atoms with E-state index < -0.39 is 0 Å². The van der Waals surface area contributed by atoms with E-state index in [4.69, 9.17) is 9.26 Å². The molecule has 1 aromatic rings. The van der Waals surface area contributed by atoms with Crippen molar-refractivity contribution in [3.05, 3.63) is 11.7 Å². The second kappa shape index (κ2) is 9.16. The lowest BCUT2D eigenvalue weighted by Gasteiger charge is -2.24. The summed E-state index contributed by atoms with van der Waals surface area (Å²) >= 11 is 0. The summed E-state index contributed by atoms with van der Waals surface area (Å²) in [6, 6.07) is 0. The molecule has 7 nitrogen and oxygen atoms in total. The second-order valence-electron chi connectivity index (χ2n) is 7.25. The predicted molar refractivity (Wildman–Crippen MR) is 108 cm³/mol. The van der Waals surface area contributed by atoms with Crippen molar-refractivity contribution in [3.63, 3.8) is 0 Å². The Kier molecular flexibility index (Phi) is 7.48. The number of nitrogens with zero attached hydrogens (tertiary/aromatic N) is 4. The van der Waals surface area contributed by atoms with Gasteiger partial charge >= 0.3 is 0 Å². The van der Waals surface area contributed by atoms with Crippen LogP contribution in [0.4, 0.5) is 0 Å². The molecule has 25 heavy (non-hydrogen) atoms. The van der Waals surface area contributed by atoms with Gasteiger partial charge < -0.3 is 19.5 Å². The Morgan fingerprint density at radius 2 is 2.24 bits per heavy atom.